The number of likely N-dealkylation sites (tertiary alicyclic amines) is 1. The van der Waals surface area contributed by atoms with Crippen molar-refractivity contribution < 1.29 is 19.4 Å². The molecule has 1 heterocycles. The first-order valence-electron chi connectivity index (χ1n) is 5.10. The molecule has 0 aromatic carbocycles. The first kappa shape index (κ1) is 11.8. The summed E-state index contributed by atoms with van der Waals surface area (Å²) in [5, 5.41) is 8.79. The minimum Gasteiger partial charge on any atom is -0.466 e. The van der Waals surface area contributed by atoms with E-state index in [0.29, 0.717) is 26.1 Å². The number of nitrogens with zero attached hydrogens (tertiary/aromatic N) is 1. The van der Waals surface area contributed by atoms with Gasteiger partial charge in [-0.1, -0.05) is 6.92 Å². The second-order valence-corrected chi connectivity index (χ2v) is 4.25. The predicted octanol–water partition coefficient (Wildman–Crippen LogP) is 1.33. The van der Waals surface area contributed by atoms with E-state index in [1.807, 2.05) is 6.92 Å². The molecule has 15 heavy (non-hydrogen) atoms. The average molecular weight is 215 g/mol. The SMILES string of the molecule is CCOC(=O)CC1(C)CCN(C(=O)O)C1. The van der Waals surface area contributed by atoms with Gasteiger partial charge in [0.2, 0.25) is 0 Å². The zero-order chi connectivity index (χ0) is 11.5. The highest BCUT2D eigenvalue weighted by molar-refractivity contribution is 5.71. The van der Waals surface area contributed by atoms with Gasteiger partial charge in [-0.15, -0.1) is 0 Å². The molecule has 0 radical (unpaired) electrons. The fourth-order valence-electron chi connectivity index (χ4n) is 1.89. The number of hydrogen-bond donors (Lipinski definition) is 1. The summed E-state index contributed by atoms with van der Waals surface area (Å²) in [6, 6.07) is 0. The maximum Gasteiger partial charge on any atom is 0.407 e. The Labute approximate surface area is 89.0 Å². The van der Waals surface area contributed by atoms with Crippen LogP contribution in [0, 0.1) is 5.41 Å². The molecule has 0 spiro atoms. The van der Waals surface area contributed by atoms with Crippen molar-refractivity contribution in [1.29, 1.82) is 0 Å². The van der Waals surface area contributed by atoms with Gasteiger partial charge in [0.1, 0.15) is 0 Å². The molecule has 86 valence electrons. The van der Waals surface area contributed by atoms with Crippen molar-refractivity contribution in [2.24, 2.45) is 5.41 Å². The predicted molar refractivity (Wildman–Crippen MR) is 53.6 cm³/mol. The van der Waals surface area contributed by atoms with Crippen LogP contribution in [0.2, 0.25) is 0 Å². The van der Waals surface area contributed by atoms with E-state index in [0.717, 1.165) is 6.42 Å². The lowest BCUT2D eigenvalue weighted by Gasteiger charge is -2.22. The number of carboxylic acid groups (broad SMARTS) is 1. The van der Waals surface area contributed by atoms with E-state index in [1.54, 1.807) is 6.92 Å². The summed E-state index contributed by atoms with van der Waals surface area (Å²) in [5.74, 6) is -0.243. The van der Waals surface area contributed by atoms with E-state index in [4.69, 9.17) is 9.84 Å². The maximum absolute atomic E-state index is 11.3. The van der Waals surface area contributed by atoms with Crippen molar-refractivity contribution in [3.05, 3.63) is 0 Å². The lowest BCUT2D eigenvalue weighted by Crippen LogP contribution is -2.31. The molecule has 1 N–H and O–H groups in total. The van der Waals surface area contributed by atoms with Crippen LogP contribution in [0.25, 0.3) is 0 Å². The third-order valence-corrected chi connectivity index (χ3v) is 2.70. The molecule has 0 aliphatic carbocycles. The van der Waals surface area contributed by atoms with Gasteiger partial charge in [0.05, 0.1) is 13.0 Å². The van der Waals surface area contributed by atoms with Crippen molar-refractivity contribution in [2.45, 2.75) is 26.7 Å². The molecule has 1 amide bonds. The summed E-state index contributed by atoms with van der Waals surface area (Å²) < 4.78 is 4.86. The van der Waals surface area contributed by atoms with Crippen LogP contribution in [-0.4, -0.2) is 41.8 Å². The van der Waals surface area contributed by atoms with Gasteiger partial charge < -0.3 is 14.7 Å². The fraction of sp³-hybridized carbons (Fsp3) is 0.800. The first-order chi connectivity index (χ1) is 6.97. The Morgan fingerprint density at radius 3 is 2.67 bits per heavy atom. The van der Waals surface area contributed by atoms with Gasteiger partial charge in [-0.3, -0.25) is 4.79 Å². The van der Waals surface area contributed by atoms with Crippen LogP contribution in [0.5, 0.6) is 0 Å². The maximum atomic E-state index is 11.3. The number of rotatable bonds is 3. The highest BCUT2D eigenvalue weighted by atomic mass is 16.5. The first-order valence-corrected chi connectivity index (χ1v) is 5.10. The van der Waals surface area contributed by atoms with Gasteiger partial charge in [0.15, 0.2) is 0 Å². The van der Waals surface area contributed by atoms with Crippen molar-refractivity contribution in [2.75, 3.05) is 19.7 Å². The van der Waals surface area contributed by atoms with Crippen LogP contribution in [0.4, 0.5) is 4.79 Å². The number of amides is 1. The Morgan fingerprint density at radius 2 is 2.20 bits per heavy atom. The summed E-state index contributed by atoms with van der Waals surface area (Å²) >= 11 is 0. The van der Waals surface area contributed by atoms with Crippen molar-refractivity contribution >= 4 is 12.1 Å². The molecule has 0 bridgehead atoms. The van der Waals surface area contributed by atoms with Crippen LogP contribution in [-0.2, 0) is 9.53 Å². The molecule has 1 fully saturated rings. The monoisotopic (exact) mass is 215 g/mol. The lowest BCUT2D eigenvalue weighted by molar-refractivity contribution is -0.145. The number of carbonyl (C=O) groups excluding carboxylic acids is 1. The van der Waals surface area contributed by atoms with Gasteiger partial charge in [-0.25, -0.2) is 4.79 Å². The van der Waals surface area contributed by atoms with Gasteiger partial charge in [0, 0.05) is 13.1 Å². The van der Waals surface area contributed by atoms with E-state index in [1.165, 1.54) is 4.90 Å². The van der Waals surface area contributed by atoms with E-state index in [2.05, 4.69) is 0 Å². The third kappa shape index (κ3) is 3.11. The summed E-state index contributed by atoms with van der Waals surface area (Å²) in [7, 11) is 0. The molecule has 0 aromatic rings. The van der Waals surface area contributed by atoms with E-state index < -0.39 is 6.09 Å². The van der Waals surface area contributed by atoms with Gasteiger partial charge >= 0.3 is 12.1 Å². The van der Waals surface area contributed by atoms with Crippen LogP contribution in [0.1, 0.15) is 26.7 Å². The molecule has 1 rings (SSSR count). The molecule has 5 heteroatoms. The zero-order valence-electron chi connectivity index (χ0n) is 9.15. The molecular weight excluding hydrogens is 198 g/mol. The van der Waals surface area contributed by atoms with Crippen LogP contribution >= 0.6 is 0 Å². The summed E-state index contributed by atoms with van der Waals surface area (Å²) in [5.41, 5.74) is -0.259. The lowest BCUT2D eigenvalue weighted by atomic mass is 9.86. The second kappa shape index (κ2) is 4.51. The summed E-state index contributed by atoms with van der Waals surface area (Å²) in [6.07, 6.45) is 0.102. The Morgan fingerprint density at radius 1 is 1.53 bits per heavy atom. The highest BCUT2D eigenvalue weighted by Gasteiger charge is 2.38. The average Bonchev–Trinajstić information content (AvgIpc) is 2.48. The molecule has 1 aliphatic rings. The highest BCUT2D eigenvalue weighted by Crippen LogP contribution is 2.33. The molecule has 0 aromatic heterocycles. The second-order valence-electron chi connectivity index (χ2n) is 4.25. The topological polar surface area (TPSA) is 66.8 Å². The summed E-state index contributed by atoms with van der Waals surface area (Å²) in [6.45, 7) is 4.98. The molecule has 1 saturated heterocycles. The minimum atomic E-state index is -0.914. The minimum absolute atomic E-state index is 0.243. The van der Waals surface area contributed by atoms with Crippen LogP contribution in [0.3, 0.4) is 0 Å². The Bertz CT molecular complexity index is 266. The number of carbonyl (C=O) groups is 2. The molecule has 1 atom stereocenters. The normalized spacial score (nSPS) is 25.3. The number of ether oxygens (including phenoxy) is 1. The van der Waals surface area contributed by atoms with Crippen LogP contribution in [0.15, 0.2) is 0 Å². The zero-order valence-corrected chi connectivity index (χ0v) is 9.15. The van der Waals surface area contributed by atoms with Crippen LogP contribution < -0.4 is 0 Å². The molecular formula is C10H17NO4. The molecule has 5 nitrogen and oxygen atoms in total. The van der Waals surface area contributed by atoms with Crippen molar-refractivity contribution in [3.63, 3.8) is 0 Å². The Balaban J connectivity index is 2.48. The van der Waals surface area contributed by atoms with E-state index in [-0.39, 0.29) is 11.4 Å². The van der Waals surface area contributed by atoms with Gasteiger partial charge in [-0.2, -0.15) is 0 Å². The Hall–Kier alpha value is -1.26. The molecule has 0 saturated carbocycles. The standard InChI is InChI=1S/C10H17NO4/c1-3-15-8(12)6-10(2)4-5-11(7-10)9(13)14/h3-7H2,1-2H3,(H,13,14). The van der Waals surface area contributed by atoms with Gasteiger partial charge in [-0.05, 0) is 18.8 Å². The molecule has 1 unspecified atom stereocenters. The summed E-state index contributed by atoms with van der Waals surface area (Å²) in [4.78, 5) is 23.3. The smallest absolute Gasteiger partial charge is 0.407 e. The Kier molecular flexibility index (Phi) is 3.55. The number of hydrogen-bond acceptors (Lipinski definition) is 3. The fourth-order valence-corrected chi connectivity index (χ4v) is 1.89. The van der Waals surface area contributed by atoms with E-state index >= 15 is 0 Å². The molecule has 1 aliphatic heterocycles. The third-order valence-electron chi connectivity index (χ3n) is 2.70. The largest absolute Gasteiger partial charge is 0.466 e. The van der Waals surface area contributed by atoms with Crippen molar-refractivity contribution in [1.82, 2.24) is 4.90 Å². The number of esters is 1. The van der Waals surface area contributed by atoms with Gasteiger partial charge in [0.25, 0.3) is 0 Å². The van der Waals surface area contributed by atoms with Crippen molar-refractivity contribution in [3.8, 4) is 0 Å². The quantitative estimate of drug-likeness (QED) is 0.721. The van der Waals surface area contributed by atoms with E-state index in [9.17, 15) is 9.59 Å².